The molecule has 1 atom stereocenters. The lowest BCUT2D eigenvalue weighted by atomic mass is 10.1. The standard InChI is InChI=1S/C12H10F2N2OS/c1-6(15)12-16-9(5-18-12)11(17)10-7(13)3-2-4-8(10)14/h2-6H,15H2,1H3. The van der Waals surface area contributed by atoms with Crippen LogP contribution in [-0.2, 0) is 0 Å². The van der Waals surface area contributed by atoms with Crippen LogP contribution >= 0.6 is 11.3 Å². The second-order valence-electron chi connectivity index (χ2n) is 3.79. The molecule has 18 heavy (non-hydrogen) atoms. The van der Waals surface area contributed by atoms with Crippen LogP contribution in [0.15, 0.2) is 23.6 Å². The molecule has 0 saturated carbocycles. The largest absolute Gasteiger partial charge is 0.322 e. The lowest BCUT2D eigenvalue weighted by Crippen LogP contribution is -2.09. The fraction of sp³-hybridized carbons (Fsp3) is 0.167. The molecule has 0 amide bonds. The van der Waals surface area contributed by atoms with E-state index in [9.17, 15) is 13.6 Å². The molecule has 0 radical (unpaired) electrons. The Morgan fingerprint density at radius 1 is 1.39 bits per heavy atom. The van der Waals surface area contributed by atoms with Crippen LogP contribution in [0, 0.1) is 11.6 Å². The van der Waals surface area contributed by atoms with E-state index in [1.807, 2.05) is 0 Å². The third kappa shape index (κ3) is 2.30. The number of benzene rings is 1. The van der Waals surface area contributed by atoms with E-state index in [0.717, 1.165) is 12.1 Å². The summed E-state index contributed by atoms with van der Waals surface area (Å²) in [6, 6.07) is 2.96. The second kappa shape index (κ2) is 4.91. The lowest BCUT2D eigenvalue weighted by molar-refractivity contribution is 0.102. The third-order valence-electron chi connectivity index (χ3n) is 2.33. The number of hydrogen-bond donors (Lipinski definition) is 1. The number of hydrogen-bond acceptors (Lipinski definition) is 4. The first kappa shape index (κ1) is 12.8. The number of rotatable bonds is 3. The number of aromatic nitrogens is 1. The molecule has 0 saturated heterocycles. The summed E-state index contributed by atoms with van der Waals surface area (Å²) in [5, 5.41) is 2.00. The van der Waals surface area contributed by atoms with Gasteiger partial charge in [0.1, 0.15) is 22.3 Å². The van der Waals surface area contributed by atoms with Gasteiger partial charge in [-0.3, -0.25) is 4.79 Å². The minimum atomic E-state index is -0.893. The molecule has 0 bridgehead atoms. The summed E-state index contributed by atoms with van der Waals surface area (Å²) in [7, 11) is 0. The molecule has 0 spiro atoms. The zero-order chi connectivity index (χ0) is 13.3. The van der Waals surface area contributed by atoms with E-state index in [4.69, 9.17) is 5.73 Å². The molecule has 94 valence electrons. The fourth-order valence-electron chi connectivity index (χ4n) is 1.44. The van der Waals surface area contributed by atoms with Gasteiger partial charge in [0, 0.05) is 5.38 Å². The smallest absolute Gasteiger partial charge is 0.218 e. The summed E-state index contributed by atoms with van der Waals surface area (Å²) < 4.78 is 26.9. The average Bonchev–Trinajstić information content (AvgIpc) is 2.77. The van der Waals surface area contributed by atoms with Crippen LogP contribution in [0.3, 0.4) is 0 Å². The summed E-state index contributed by atoms with van der Waals surface area (Å²) in [5.74, 6) is -2.56. The van der Waals surface area contributed by atoms with Crippen LogP contribution in [0.4, 0.5) is 8.78 Å². The van der Waals surface area contributed by atoms with E-state index in [1.54, 1.807) is 6.92 Å². The molecule has 2 rings (SSSR count). The number of thiazole rings is 1. The van der Waals surface area contributed by atoms with Crippen molar-refractivity contribution in [2.75, 3.05) is 0 Å². The predicted molar refractivity (Wildman–Crippen MR) is 64.5 cm³/mol. The van der Waals surface area contributed by atoms with Crippen LogP contribution in [-0.4, -0.2) is 10.8 Å². The van der Waals surface area contributed by atoms with Crippen LogP contribution < -0.4 is 5.73 Å². The Hall–Kier alpha value is -1.66. The normalized spacial score (nSPS) is 12.4. The average molecular weight is 268 g/mol. The van der Waals surface area contributed by atoms with Gasteiger partial charge in [0.05, 0.1) is 11.6 Å². The van der Waals surface area contributed by atoms with E-state index in [1.165, 1.54) is 22.8 Å². The van der Waals surface area contributed by atoms with Crippen molar-refractivity contribution in [2.24, 2.45) is 5.73 Å². The molecular formula is C12H10F2N2OS. The molecule has 1 unspecified atom stereocenters. The monoisotopic (exact) mass is 268 g/mol. The third-order valence-corrected chi connectivity index (χ3v) is 3.38. The van der Waals surface area contributed by atoms with Gasteiger partial charge in [0.2, 0.25) is 5.78 Å². The van der Waals surface area contributed by atoms with E-state index in [0.29, 0.717) is 5.01 Å². The van der Waals surface area contributed by atoms with E-state index < -0.39 is 23.0 Å². The van der Waals surface area contributed by atoms with Gasteiger partial charge in [-0.25, -0.2) is 13.8 Å². The van der Waals surface area contributed by atoms with Gasteiger partial charge in [-0.15, -0.1) is 11.3 Å². The maximum Gasteiger partial charge on any atom is 0.218 e. The van der Waals surface area contributed by atoms with Crippen LogP contribution in [0.5, 0.6) is 0 Å². The molecule has 2 N–H and O–H groups in total. The Balaban J connectivity index is 2.42. The van der Waals surface area contributed by atoms with Crippen LogP contribution in [0.1, 0.15) is 34.0 Å². The summed E-state index contributed by atoms with van der Waals surface area (Å²) in [4.78, 5) is 15.9. The van der Waals surface area contributed by atoms with Gasteiger partial charge >= 0.3 is 0 Å². The summed E-state index contributed by atoms with van der Waals surface area (Å²) in [5.41, 5.74) is 5.04. The zero-order valence-corrected chi connectivity index (χ0v) is 10.3. The van der Waals surface area contributed by atoms with Crippen molar-refractivity contribution in [1.82, 2.24) is 4.98 Å². The second-order valence-corrected chi connectivity index (χ2v) is 4.68. The summed E-state index contributed by atoms with van der Waals surface area (Å²) >= 11 is 1.19. The Morgan fingerprint density at radius 2 is 2.00 bits per heavy atom. The van der Waals surface area contributed by atoms with Crippen molar-refractivity contribution in [3.05, 3.63) is 51.5 Å². The van der Waals surface area contributed by atoms with E-state index in [2.05, 4.69) is 4.98 Å². The Bertz CT molecular complexity index is 575. The van der Waals surface area contributed by atoms with Gasteiger partial charge in [0.25, 0.3) is 0 Å². The highest BCUT2D eigenvalue weighted by molar-refractivity contribution is 7.09. The van der Waals surface area contributed by atoms with Crippen molar-refractivity contribution in [3.8, 4) is 0 Å². The molecule has 1 aromatic heterocycles. The number of carbonyl (C=O) groups is 1. The van der Waals surface area contributed by atoms with Gasteiger partial charge in [0.15, 0.2) is 0 Å². The number of ketones is 1. The van der Waals surface area contributed by atoms with Crippen molar-refractivity contribution in [1.29, 1.82) is 0 Å². The maximum atomic E-state index is 13.4. The van der Waals surface area contributed by atoms with Crippen molar-refractivity contribution >= 4 is 17.1 Å². The number of nitrogens with two attached hydrogens (primary N) is 1. The number of halogens is 2. The molecule has 2 aromatic rings. The van der Waals surface area contributed by atoms with Crippen molar-refractivity contribution in [2.45, 2.75) is 13.0 Å². The lowest BCUT2D eigenvalue weighted by Gasteiger charge is -2.01. The predicted octanol–water partition coefficient (Wildman–Crippen LogP) is 2.67. The van der Waals surface area contributed by atoms with Crippen LogP contribution in [0.2, 0.25) is 0 Å². The number of carbonyl (C=O) groups excluding carboxylic acids is 1. The SMILES string of the molecule is CC(N)c1nc(C(=O)c2c(F)cccc2F)cs1. The first-order chi connectivity index (χ1) is 8.50. The molecule has 6 heteroatoms. The highest BCUT2D eigenvalue weighted by atomic mass is 32.1. The molecule has 1 aromatic carbocycles. The molecular weight excluding hydrogens is 258 g/mol. The Morgan fingerprint density at radius 3 is 2.50 bits per heavy atom. The Kier molecular flexibility index (Phi) is 3.49. The fourth-order valence-corrected chi connectivity index (χ4v) is 2.20. The summed E-state index contributed by atoms with van der Waals surface area (Å²) in [6.07, 6.45) is 0. The molecule has 3 nitrogen and oxygen atoms in total. The highest BCUT2D eigenvalue weighted by Gasteiger charge is 2.21. The van der Waals surface area contributed by atoms with Crippen molar-refractivity contribution in [3.63, 3.8) is 0 Å². The quantitative estimate of drug-likeness (QED) is 0.871. The van der Waals surface area contributed by atoms with E-state index >= 15 is 0 Å². The molecule has 0 aliphatic heterocycles. The number of nitrogens with zero attached hydrogens (tertiary/aromatic N) is 1. The maximum absolute atomic E-state index is 13.4. The topological polar surface area (TPSA) is 56.0 Å². The van der Waals surface area contributed by atoms with E-state index in [-0.39, 0.29) is 11.7 Å². The first-order valence-corrected chi connectivity index (χ1v) is 6.08. The van der Waals surface area contributed by atoms with Crippen LogP contribution in [0.25, 0.3) is 0 Å². The van der Waals surface area contributed by atoms with Gasteiger partial charge in [-0.2, -0.15) is 0 Å². The Labute approximate surface area is 106 Å². The highest BCUT2D eigenvalue weighted by Crippen LogP contribution is 2.21. The molecule has 1 heterocycles. The molecule has 0 aliphatic rings. The minimum absolute atomic E-state index is 0.0105. The van der Waals surface area contributed by atoms with Gasteiger partial charge in [-0.1, -0.05) is 6.07 Å². The molecule has 0 aliphatic carbocycles. The zero-order valence-electron chi connectivity index (χ0n) is 9.48. The van der Waals surface area contributed by atoms with Crippen molar-refractivity contribution < 1.29 is 13.6 Å². The van der Waals surface area contributed by atoms with Gasteiger partial charge in [-0.05, 0) is 19.1 Å². The summed E-state index contributed by atoms with van der Waals surface area (Å²) in [6.45, 7) is 1.72. The first-order valence-electron chi connectivity index (χ1n) is 5.20. The van der Waals surface area contributed by atoms with Gasteiger partial charge < -0.3 is 5.73 Å². The minimum Gasteiger partial charge on any atom is -0.322 e. The molecule has 0 fully saturated rings.